The third kappa shape index (κ3) is 9.08. The van der Waals surface area contributed by atoms with Crippen LogP contribution >= 0.6 is 0 Å². The van der Waals surface area contributed by atoms with Gasteiger partial charge in [0.2, 0.25) is 0 Å². The predicted octanol–water partition coefficient (Wildman–Crippen LogP) is 2.57. The minimum Gasteiger partial charge on any atom is -0.457 e. The lowest BCUT2D eigenvalue weighted by Crippen LogP contribution is -2.39. The lowest BCUT2D eigenvalue weighted by molar-refractivity contribution is -0.151. The quantitative estimate of drug-likeness (QED) is 0.145. The lowest BCUT2D eigenvalue weighted by atomic mass is 9.89. The molecule has 0 spiro atoms. The van der Waals surface area contributed by atoms with Crippen LogP contribution in [0.3, 0.4) is 0 Å². The molecule has 2 aliphatic heterocycles. The first kappa shape index (κ1) is 30.7. The molecule has 0 aliphatic carbocycles. The Balaban J connectivity index is 2.10. The van der Waals surface area contributed by atoms with E-state index in [1.54, 1.807) is 31.2 Å². The van der Waals surface area contributed by atoms with E-state index in [-0.39, 0.29) is 43.3 Å². The largest absolute Gasteiger partial charge is 0.457 e. The van der Waals surface area contributed by atoms with Crippen LogP contribution in [0.2, 0.25) is 0 Å². The molecule has 206 valence electrons. The summed E-state index contributed by atoms with van der Waals surface area (Å²) in [6, 6.07) is 0. The molecular weight excluding hydrogens is 464 g/mol. The Morgan fingerprint density at radius 1 is 1.33 bits per heavy atom. The van der Waals surface area contributed by atoms with Crippen LogP contribution in [-0.4, -0.2) is 79.3 Å². The Bertz CT molecular complexity index is 814. The minimum atomic E-state index is -1.42. The summed E-state index contributed by atoms with van der Waals surface area (Å²) in [4.78, 5) is 12.5. The monoisotopic (exact) mass is 510 g/mol. The van der Waals surface area contributed by atoms with E-state index in [1.165, 1.54) is 13.0 Å². The number of epoxide rings is 1. The molecule has 1 saturated heterocycles. The highest BCUT2D eigenvalue weighted by Gasteiger charge is 2.47. The number of cyclic esters (lactones) is 1. The fraction of sp³-hybridized carbons (Fsp3) is 0.750. The highest BCUT2D eigenvalue weighted by Crippen LogP contribution is 2.37. The molecule has 2 heterocycles. The highest BCUT2D eigenvalue weighted by molar-refractivity contribution is 5.70. The van der Waals surface area contributed by atoms with Gasteiger partial charge in [0, 0.05) is 18.3 Å². The molecular formula is C28H46O8. The summed E-state index contributed by atoms with van der Waals surface area (Å²) in [6.07, 6.45) is 6.13. The molecule has 8 nitrogen and oxygen atoms in total. The molecule has 0 aromatic carbocycles. The third-order valence-corrected chi connectivity index (χ3v) is 7.40. The number of rotatable bonds is 8. The summed E-state index contributed by atoms with van der Waals surface area (Å²) in [6.45, 7) is 10.7. The summed E-state index contributed by atoms with van der Waals surface area (Å²) in [7, 11) is 0. The van der Waals surface area contributed by atoms with Gasteiger partial charge in [-0.2, -0.15) is 0 Å². The Morgan fingerprint density at radius 2 is 2.00 bits per heavy atom. The fourth-order valence-electron chi connectivity index (χ4n) is 4.65. The number of allylic oxidation sites excluding steroid dienone is 2. The number of hydrogen-bond donors (Lipinski definition) is 5. The molecule has 0 bridgehead atoms. The van der Waals surface area contributed by atoms with Crippen molar-refractivity contribution in [2.75, 3.05) is 0 Å². The molecule has 0 aromatic heterocycles. The van der Waals surface area contributed by atoms with Crippen molar-refractivity contribution in [3.8, 4) is 0 Å². The summed E-state index contributed by atoms with van der Waals surface area (Å²) in [5.41, 5.74) is -1.83. The van der Waals surface area contributed by atoms with E-state index >= 15 is 0 Å². The first-order valence-corrected chi connectivity index (χ1v) is 13.0. The van der Waals surface area contributed by atoms with Gasteiger partial charge in [0.15, 0.2) is 0 Å². The van der Waals surface area contributed by atoms with E-state index in [9.17, 15) is 30.3 Å². The molecule has 0 amide bonds. The Kier molecular flexibility index (Phi) is 10.9. The Hall–Kier alpha value is -1.55. The van der Waals surface area contributed by atoms with E-state index in [0.29, 0.717) is 12.8 Å². The van der Waals surface area contributed by atoms with Gasteiger partial charge in [0.05, 0.1) is 42.0 Å². The molecule has 5 N–H and O–H groups in total. The van der Waals surface area contributed by atoms with Crippen molar-refractivity contribution >= 4 is 5.97 Å². The van der Waals surface area contributed by atoms with Gasteiger partial charge in [-0.15, -0.1) is 0 Å². The van der Waals surface area contributed by atoms with Crippen LogP contribution in [0.15, 0.2) is 36.0 Å². The smallest absolute Gasteiger partial charge is 0.309 e. The number of aliphatic hydroxyl groups excluding tert-OH is 3. The van der Waals surface area contributed by atoms with Crippen molar-refractivity contribution in [3.05, 3.63) is 36.0 Å². The van der Waals surface area contributed by atoms with E-state index in [0.717, 1.165) is 5.57 Å². The molecule has 2 rings (SSSR count). The zero-order valence-corrected chi connectivity index (χ0v) is 22.5. The van der Waals surface area contributed by atoms with Crippen molar-refractivity contribution in [2.24, 2.45) is 11.8 Å². The van der Waals surface area contributed by atoms with Gasteiger partial charge in [-0.1, -0.05) is 51.2 Å². The lowest BCUT2D eigenvalue weighted by Gasteiger charge is -2.30. The zero-order valence-electron chi connectivity index (χ0n) is 22.5. The van der Waals surface area contributed by atoms with Gasteiger partial charge in [-0.05, 0) is 45.6 Å². The van der Waals surface area contributed by atoms with Crippen LogP contribution < -0.4 is 0 Å². The number of ether oxygens (including phenoxy) is 2. The maximum absolute atomic E-state index is 12.5. The third-order valence-electron chi connectivity index (χ3n) is 7.40. The molecule has 0 unspecified atom stereocenters. The van der Waals surface area contributed by atoms with Crippen molar-refractivity contribution in [2.45, 2.75) is 121 Å². The van der Waals surface area contributed by atoms with Crippen LogP contribution in [0.25, 0.3) is 0 Å². The van der Waals surface area contributed by atoms with E-state index in [2.05, 4.69) is 0 Å². The van der Waals surface area contributed by atoms with Crippen LogP contribution in [-0.2, 0) is 14.3 Å². The number of carbonyl (C=O) groups excluding carboxylic acids is 1. The first-order chi connectivity index (χ1) is 16.7. The fourth-order valence-corrected chi connectivity index (χ4v) is 4.65. The Morgan fingerprint density at radius 3 is 2.64 bits per heavy atom. The van der Waals surface area contributed by atoms with Gasteiger partial charge in [0.25, 0.3) is 0 Å². The molecule has 36 heavy (non-hydrogen) atoms. The van der Waals surface area contributed by atoms with Crippen LogP contribution in [0.4, 0.5) is 0 Å². The van der Waals surface area contributed by atoms with Crippen molar-refractivity contribution in [3.63, 3.8) is 0 Å². The summed E-state index contributed by atoms with van der Waals surface area (Å²) in [5, 5.41) is 52.0. The van der Waals surface area contributed by atoms with Gasteiger partial charge in [0.1, 0.15) is 12.2 Å². The normalized spacial score (nSPS) is 38.9. The van der Waals surface area contributed by atoms with Crippen molar-refractivity contribution in [1.82, 2.24) is 0 Å². The predicted molar refractivity (Wildman–Crippen MR) is 137 cm³/mol. The average molecular weight is 511 g/mol. The number of aliphatic hydroxyl groups is 5. The van der Waals surface area contributed by atoms with Crippen LogP contribution in [0.1, 0.15) is 73.6 Å². The first-order valence-electron chi connectivity index (χ1n) is 13.0. The molecule has 1 fully saturated rings. The van der Waals surface area contributed by atoms with Crippen molar-refractivity contribution in [1.29, 1.82) is 0 Å². The topological polar surface area (TPSA) is 140 Å². The summed E-state index contributed by atoms with van der Waals surface area (Å²) in [5.74, 6) is -0.848. The maximum Gasteiger partial charge on any atom is 0.309 e. The van der Waals surface area contributed by atoms with Gasteiger partial charge in [-0.3, -0.25) is 4.79 Å². The summed E-state index contributed by atoms with van der Waals surface area (Å²) >= 11 is 0. The second-order valence-electron chi connectivity index (χ2n) is 11.2. The Labute approximate surface area is 215 Å². The van der Waals surface area contributed by atoms with Crippen molar-refractivity contribution < 1.29 is 39.8 Å². The molecule has 0 saturated carbocycles. The van der Waals surface area contributed by atoms with E-state index in [1.807, 2.05) is 27.7 Å². The standard InChI is InChI=1S/C28H46O8/c1-7-21(30)19(4)26-22(35-26)16-27(5,33)13-8-9-17(2)25-18(3)10-11-23(31)28(6,34)14-12-20(29)15-24(32)36-25/h8-11,13,18-23,25-26,29-31,33-34H,7,12,14-16H2,1-6H3/b11-10-,13-8+,17-9+/t18-,19+,20-,21-,22-,23-,25+,26-,27-,28-/m1/s1. The van der Waals surface area contributed by atoms with Gasteiger partial charge < -0.3 is 35.0 Å². The van der Waals surface area contributed by atoms with E-state index < -0.39 is 41.6 Å². The average Bonchev–Trinajstić information content (AvgIpc) is 3.55. The molecule has 0 aromatic rings. The van der Waals surface area contributed by atoms with Crippen LogP contribution in [0, 0.1) is 11.8 Å². The number of hydrogen-bond acceptors (Lipinski definition) is 8. The van der Waals surface area contributed by atoms with Gasteiger partial charge in [-0.25, -0.2) is 0 Å². The SMILES string of the molecule is CC[C@@H](O)[C@H](C)[C@H]1O[C@@H]1C[C@](C)(O)/C=C/C=C(\C)[C@@H]1OC(=O)C[C@H](O)CC[C@@](C)(O)[C@H](O)/C=C\[C@H]1C. The molecule has 0 radical (unpaired) electrons. The van der Waals surface area contributed by atoms with Gasteiger partial charge >= 0.3 is 5.97 Å². The van der Waals surface area contributed by atoms with Crippen LogP contribution in [0.5, 0.6) is 0 Å². The molecule has 2 aliphatic rings. The second-order valence-corrected chi connectivity index (χ2v) is 11.2. The molecule has 8 heteroatoms. The maximum atomic E-state index is 12.5. The highest BCUT2D eigenvalue weighted by atomic mass is 16.6. The minimum absolute atomic E-state index is 0.00739. The second kappa shape index (κ2) is 12.8. The number of carbonyl (C=O) groups is 1. The summed E-state index contributed by atoms with van der Waals surface area (Å²) < 4.78 is 11.4. The molecule has 10 atom stereocenters. The van der Waals surface area contributed by atoms with E-state index in [4.69, 9.17) is 9.47 Å². The zero-order chi connectivity index (χ0) is 27.3. The number of esters is 1.